The topological polar surface area (TPSA) is 20.2 Å². The standard InChI is InChI=1S/C11H16OS/c12-7-9-1-3-10(4-2-9)11-5-6-13-8-11/h5-6,8-10,12H,1-4,7H2. The molecule has 1 fully saturated rings. The van der Waals surface area contributed by atoms with Gasteiger partial charge >= 0.3 is 0 Å². The second kappa shape index (κ2) is 4.25. The first-order chi connectivity index (χ1) is 6.40. The van der Waals surface area contributed by atoms with Crippen molar-refractivity contribution in [2.45, 2.75) is 31.6 Å². The molecular weight excluding hydrogens is 180 g/mol. The first-order valence-corrected chi connectivity index (χ1v) is 5.97. The van der Waals surface area contributed by atoms with E-state index in [0.717, 1.165) is 5.92 Å². The maximum Gasteiger partial charge on any atom is 0.0459 e. The molecule has 0 saturated heterocycles. The third kappa shape index (κ3) is 2.12. The van der Waals surface area contributed by atoms with Gasteiger partial charge in [-0.1, -0.05) is 0 Å². The van der Waals surface area contributed by atoms with Gasteiger partial charge in [-0.25, -0.2) is 0 Å². The highest BCUT2D eigenvalue weighted by Crippen LogP contribution is 2.36. The summed E-state index contributed by atoms with van der Waals surface area (Å²) in [6, 6.07) is 2.24. The van der Waals surface area contributed by atoms with Crippen LogP contribution in [-0.4, -0.2) is 11.7 Å². The number of aliphatic hydroxyl groups is 1. The van der Waals surface area contributed by atoms with E-state index in [1.807, 2.05) is 0 Å². The maximum absolute atomic E-state index is 9.01. The monoisotopic (exact) mass is 196 g/mol. The smallest absolute Gasteiger partial charge is 0.0459 e. The van der Waals surface area contributed by atoms with Crippen LogP contribution in [0.2, 0.25) is 0 Å². The minimum Gasteiger partial charge on any atom is -0.396 e. The van der Waals surface area contributed by atoms with Crippen molar-refractivity contribution in [2.24, 2.45) is 5.92 Å². The summed E-state index contributed by atoms with van der Waals surface area (Å²) in [6.45, 7) is 0.385. The minimum absolute atomic E-state index is 0.385. The molecule has 1 nitrogen and oxygen atoms in total. The Hall–Kier alpha value is -0.340. The van der Waals surface area contributed by atoms with Crippen LogP contribution in [0.5, 0.6) is 0 Å². The fourth-order valence-electron chi connectivity index (χ4n) is 2.19. The van der Waals surface area contributed by atoms with Crippen molar-refractivity contribution >= 4 is 11.3 Å². The predicted octanol–water partition coefficient (Wildman–Crippen LogP) is 3.01. The van der Waals surface area contributed by atoms with Crippen molar-refractivity contribution in [2.75, 3.05) is 6.61 Å². The quantitative estimate of drug-likeness (QED) is 0.771. The number of hydrogen-bond donors (Lipinski definition) is 1. The van der Waals surface area contributed by atoms with E-state index in [2.05, 4.69) is 16.8 Å². The molecular formula is C11H16OS. The zero-order chi connectivity index (χ0) is 9.10. The summed E-state index contributed by atoms with van der Waals surface area (Å²) < 4.78 is 0. The third-order valence-corrected chi connectivity index (χ3v) is 3.82. The van der Waals surface area contributed by atoms with Gasteiger partial charge in [0.05, 0.1) is 0 Å². The Morgan fingerprint density at radius 2 is 2.08 bits per heavy atom. The molecule has 0 amide bonds. The zero-order valence-electron chi connectivity index (χ0n) is 7.78. The van der Waals surface area contributed by atoms with Crippen LogP contribution in [0.4, 0.5) is 0 Å². The second-order valence-corrected chi connectivity index (χ2v) is 4.74. The van der Waals surface area contributed by atoms with Crippen molar-refractivity contribution in [1.29, 1.82) is 0 Å². The first-order valence-electron chi connectivity index (χ1n) is 5.03. The van der Waals surface area contributed by atoms with E-state index in [0.29, 0.717) is 12.5 Å². The molecule has 1 saturated carbocycles. The summed E-state index contributed by atoms with van der Waals surface area (Å²) in [5.74, 6) is 1.35. The summed E-state index contributed by atoms with van der Waals surface area (Å²) >= 11 is 1.79. The number of hydrogen-bond acceptors (Lipinski definition) is 2. The molecule has 1 aliphatic carbocycles. The van der Waals surface area contributed by atoms with E-state index >= 15 is 0 Å². The molecule has 2 rings (SSSR count). The lowest BCUT2D eigenvalue weighted by Gasteiger charge is -2.26. The average molecular weight is 196 g/mol. The van der Waals surface area contributed by atoms with Gasteiger partial charge in [-0.05, 0) is 59.9 Å². The van der Waals surface area contributed by atoms with E-state index in [4.69, 9.17) is 5.11 Å². The van der Waals surface area contributed by atoms with Crippen LogP contribution in [0.25, 0.3) is 0 Å². The number of aliphatic hydroxyl groups excluding tert-OH is 1. The number of rotatable bonds is 2. The maximum atomic E-state index is 9.01. The largest absolute Gasteiger partial charge is 0.396 e. The van der Waals surface area contributed by atoms with E-state index in [-0.39, 0.29) is 0 Å². The highest BCUT2D eigenvalue weighted by atomic mass is 32.1. The molecule has 0 radical (unpaired) electrons. The molecule has 0 spiro atoms. The van der Waals surface area contributed by atoms with Gasteiger partial charge in [-0.15, -0.1) is 0 Å². The van der Waals surface area contributed by atoms with Crippen molar-refractivity contribution in [3.8, 4) is 0 Å². The van der Waals surface area contributed by atoms with Gasteiger partial charge in [-0.2, -0.15) is 11.3 Å². The Kier molecular flexibility index (Phi) is 3.01. The molecule has 1 aromatic heterocycles. The van der Waals surface area contributed by atoms with Crippen molar-refractivity contribution < 1.29 is 5.11 Å². The lowest BCUT2D eigenvalue weighted by atomic mass is 9.80. The van der Waals surface area contributed by atoms with Crippen LogP contribution in [-0.2, 0) is 0 Å². The van der Waals surface area contributed by atoms with Gasteiger partial charge in [0.25, 0.3) is 0 Å². The zero-order valence-corrected chi connectivity index (χ0v) is 8.59. The molecule has 1 aliphatic rings. The van der Waals surface area contributed by atoms with Crippen LogP contribution >= 0.6 is 11.3 Å². The summed E-state index contributed by atoms with van der Waals surface area (Å²) in [5, 5.41) is 13.4. The third-order valence-electron chi connectivity index (χ3n) is 3.12. The van der Waals surface area contributed by atoms with Gasteiger partial charge in [0.1, 0.15) is 0 Å². The molecule has 0 aliphatic heterocycles. The second-order valence-electron chi connectivity index (χ2n) is 3.96. The van der Waals surface area contributed by atoms with E-state index in [1.54, 1.807) is 11.3 Å². The van der Waals surface area contributed by atoms with Crippen LogP contribution in [0.3, 0.4) is 0 Å². The molecule has 13 heavy (non-hydrogen) atoms. The molecule has 2 heteroatoms. The van der Waals surface area contributed by atoms with E-state index in [1.165, 1.54) is 31.2 Å². The Labute approximate surface area is 83.4 Å². The molecule has 0 unspecified atom stereocenters. The Bertz CT molecular complexity index is 235. The molecule has 0 aromatic carbocycles. The van der Waals surface area contributed by atoms with Crippen LogP contribution < -0.4 is 0 Å². The predicted molar refractivity (Wildman–Crippen MR) is 56.1 cm³/mol. The van der Waals surface area contributed by atoms with E-state index < -0.39 is 0 Å². The lowest BCUT2D eigenvalue weighted by Crippen LogP contribution is -2.15. The average Bonchev–Trinajstić information content (AvgIpc) is 2.71. The number of thiophene rings is 1. The van der Waals surface area contributed by atoms with Crippen LogP contribution in [0.1, 0.15) is 37.2 Å². The van der Waals surface area contributed by atoms with Gasteiger partial charge in [-0.3, -0.25) is 0 Å². The SMILES string of the molecule is OCC1CCC(c2ccsc2)CC1. The molecule has 1 aromatic rings. The first kappa shape index (κ1) is 9.22. The van der Waals surface area contributed by atoms with E-state index in [9.17, 15) is 0 Å². The summed E-state index contributed by atoms with van der Waals surface area (Å²) in [5.41, 5.74) is 1.52. The van der Waals surface area contributed by atoms with Crippen molar-refractivity contribution in [1.82, 2.24) is 0 Å². The van der Waals surface area contributed by atoms with Gasteiger partial charge in [0.15, 0.2) is 0 Å². The fraction of sp³-hybridized carbons (Fsp3) is 0.636. The van der Waals surface area contributed by atoms with Gasteiger partial charge in [0, 0.05) is 6.61 Å². The van der Waals surface area contributed by atoms with Gasteiger partial charge < -0.3 is 5.11 Å². The van der Waals surface area contributed by atoms with Crippen LogP contribution in [0.15, 0.2) is 16.8 Å². The normalized spacial score (nSPS) is 29.0. The van der Waals surface area contributed by atoms with Crippen LogP contribution in [0, 0.1) is 5.92 Å². The minimum atomic E-state index is 0.385. The van der Waals surface area contributed by atoms with Crippen molar-refractivity contribution in [3.05, 3.63) is 22.4 Å². The molecule has 0 atom stereocenters. The summed E-state index contributed by atoms with van der Waals surface area (Å²) in [7, 11) is 0. The van der Waals surface area contributed by atoms with Crippen molar-refractivity contribution in [3.63, 3.8) is 0 Å². The fourth-order valence-corrected chi connectivity index (χ4v) is 2.93. The molecule has 1 N–H and O–H groups in total. The van der Waals surface area contributed by atoms with Gasteiger partial charge in [0.2, 0.25) is 0 Å². The highest BCUT2D eigenvalue weighted by molar-refractivity contribution is 7.07. The molecule has 1 heterocycles. The molecule has 72 valence electrons. The highest BCUT2D eigenvalue weighted by Gasteiger charge is 2.21. The summed E-state index contributed by atoms with van der Waals surface area (Å²) in [6.07, 6.45) is 4.94. The Morgan fingerprint density at radius 1 is 1.31 bits per heavy atom. The Morgan fingerprint density at radius 3 is 2.62 bits per heavy atom. The lowest BCUT2D eigenvalue weighted by molar-refractivity contribution is 0.182. The summed E-state index contributed by atoms with van der Waals surface area (Å²) in [4.78, 5) is 0. The molecule has 0 bridgehead atoms. The Balaban J connectivity index is 1.92.